The molecular formula is C25H29N5O. The van der Waals surface area contributed by atoms with E-state index in [0.717, 1.165) is 72.1 Å². The Kier molecular flexibility index (Phi) is 4.80. The highest BCUT2D eigenvalue weighted by atomic mass is 16.2. The summed E-state index contributed by atoms with van der Waals surface area (Å²) in [6, 6.07) is 4.07. The maximum Gasteiger partial charge on any atom is 0.255 e. The smallest absolute Gasteiger partial charge is 0.255 e. The molecular weight excluding hydrogens is 386 g/mol. The Morgan fingerprint density at radius 3 is 2.68 bits per heavy atom. The van der Waals surface area contributed by atoms with E-state index in [1.54, 1.807) is 0 Å². The predicted octanol–water partition coefficient (Wildman–Crippen LogP) is 4.54. The van der Waals surface area contributed by atoms with Crippen molar-refractivity contribution in [1.82, 2.24) is 24.0 Å². The molecule has 0 atom stereocenters. The highest BCUT2D eigenvalue weighted by molar-refractivity contribution is 5.99. The number of pyridine rings is 1. The van der Waals surface area contributed by atoms with Gasteiger partial charge in [-0.15, -0.1) is 0 Å². The van der Waals surface area contributed by atoms with Crippen LogP contribution in [0.4, 0.5) is 0 Å². The summed E-state index contributed by atoms with van der Waals surface area (Å²) in [5.41, 5.74) is 6.37. The van der Waals surface area contributed by atoms with Crippen molar-refractivity contribution in [2.24, 2.45) is 13.0 Å². The van der Waals surface area contributed by atoms with E-state index in [2.05, 4.69) is 35.3 Å². The second-order valence-corrected chi connectivity index (χ2v) is 8.69. The maximum atomic E-state index is 12.9. The molecule has 3 aromatic heterocycles. The van der Waals surface area contributed by atoms with Crippen LogP contribution in [0.25, 0.3) is 34.8 Å². The van der Waals surface area contributed by atoms with Gasteiger partial charge in [-0.25, -0.2) is 9.97 Å². The number of nitrogens with zero attached hydrogens (tertiary/aromatic N) is 5. The van der Waals surface area contributed by atoms with Gasteiger partial charge >= 0.3 is 0 Å². The molecule has 0 unspecified atom stereocenters. The molecule has 2 aliphatic rings. The molecule has 0 N–H and O–H groups in total. The molecule has 1 aliphatic carbocycles. The summed E-state index contributed by atoms with van der Waals surface area (Å²) >= 11 is 0. The molecule has 5 rings (SSSR count). The van der Waals surface area contributed by atoms with Crippen molar-refractivity contribution in [3.63, 3.8) is 0 Å². The zero-order valence-electron chi connectivity index (χ0n) is 18.4. The molecule has 1 amide bonds. The lowest BCUT2D eigenvalue weighted by molar-refractivity contribution is 0.0738. The second-order valence-electron chi connectivity index (χ2n) is 8.69. The second kappa shape index (κ2) is 7.52. The van der Waals surface area contributed by atoms with E-state index >= 15 is 0 Å². The van der Waals surface area contributed by atoms with E-state index in [0.29, 0.717) is 11.5 Å². The Hall–Kier alpha value is -3.15. The van der Waals surface area contributed by atoms with Crippen LogP contribution in [0.1, 0.15) is 53.5 Å². The first kappa shape index (κ1) is 19.8. The van der Waals surface area contributed by atoms with Crippen molar-refractivity contribution >= 4 is 29.2 Å². The van der Waals surface area contributed by atoms with Crippen molar-refractivity contribution in [1.29, 1.82) is 0 Å². The van der Waals surface area contributed by atoms with Crippen LogP contribution < -0.4 is 0 Å². The van der Waals surface area contributed by atoms with E-state index in [1.165, 1.54) is 12.8 Å². The van der Waals surface area contributed by atoms with Gasteiger partial charge in [0.15, 0.2) is 11.5 Å². The quantitative estimate of drug-likeness (QED) is 0.569. The minimum atomic E-state index is 0.0738. The van der Waals surface area contributed by atoms with Crippen LogP contribution in [0.3, 0.4) is 0 Å². The van der Waals surface area contributed by atoms with Gasteiger partial charge in [0.2, 0.25) is 0 Å². The van der Waals surface area contributed by atoms with Crippen LogP contribution in [0.2, 0.25) is 0 Å². The summed E-state index contributed by atoms with van der Waals surface area (Å²) in [6.07, 6.45) is 8.07. The van der Waals surface area contributed by atoms with Crippen LogP contribution in [0.5, 0.6) is 0 Å². The number of hydrogen-bond acceptors (Lipinski definition) is 3. The van der Waals surface area contributed by atoms with E-state index < -0.39 is 0 Å². The van der Waals surface area contributed by atoms with Gasteiger partial charge in [-0.3, -0.25) is 4.79 Å². The van der Waals surface area contributed by atoms with Crippen LogP contribution in [0.15, 0.2) is 25.3 Å². The minimum absolute atomic E-state index is 0.0738. The number of amides is 1. The van der Waals surface area contributed by atoms with Gasteiger partial charge in [0.05, 0.1) is 17.0 Å². The van der Waals surface area contributed by atoms with E-state index in [-0.39, 0.29) is 5.91 Å². The van der Waals surface area contributed by atoms with Gasteiger partial charge in [-0.2, -0.15) is 0 Å². The first-order chi connectivity index (χ1) is 15.0. The summed E-state index contributed by atoms with van der Waals surface area (Å²) in [5.74, 6) is 1.65. The molecule has 160 valence electrons. The van der Waals surface area contributed by atoms with E-state index in [4.69, 9.17) is 9.97 Å². The van der Waals surface area contributed by atoms with Gasteiger partial charge in [0.1, 0.15) is 5.52 Å². The average Bonchev–Trinajstić information content (AvgIpc) is 3.45. The monoisotopic (exact) mass is 415 g/mol. The molecule has 0 radical (unpaired) electrons. The number of aryl methyl sites for hydroxylation is 1. The molecule has 1 fully saturated rings. The fraction of sp³-hybridized carbons (Fsp3) is 0.400. The van der Waals surface area contributed by atoms with Gasteiger partial charge in [-0.05, 0) is 49.0 Å². The van der Waals surface area contributed by atoms with Crippen LogP contribution in [0, 0.1) is 5.92 Å². The normalized spacial score (nSPS) is 16.1. The van der Waals surface area contributed by atoms with E-state index in [9.17, 15) is 4.79 Å². The lowest BCUT2D eigenvalue weighted by Crippen LogP contribution is -2.38. The molecule has 0 bridgehead atoms. The fourth-order valence-corrected chi connectivity index (χ4v) is 4.67. The molecule has 0 spiro atoms. The number of rotatable bonds is 7. The third kappa shape index (κ3) is 3.21. The van der Waals surface area contributed by atoms with Crippen LogP contribution in [-0.2, 0) is 20.0 Å². The van der Waals surface area contributed by atoms with Crippen molar-refractivity contribution in [3.8, 4) is 11.5 Å². The molecule has 6 heteroatoms. The van der Waals surface area contributed by atoms with Gasteiger partial charge in [-0.1, -0.05) is 26.2 Å². The standard InChI is InChI=1S/C25H29N5O/c1-5-11-29-12-10-19-18(25(29)31)14-20-23(26-19)28(4)24(27-20)22-13-17(6-2)21(7-3)30(22)15-16-8-9-16/h6-7,13-14,16H,2-3,5,8-12,15H2,1,4H3. The minimum Gasteiger partial charge on any atom is -0.338 e. The summed E-state index contributed by atoms with van der Waals surface area (Å²) < 4.78 is 4.37. The van der Waals surface area contributed by atoms with Gasteiger partial charge in [0.25, 0.3) is 5.91 Å². The summed E-state index contributed by atoms with van der Waals surface area (Å²) in [7, 11) is 2.01. The molecule has 0 saturated heterocycles. The van der Waals surface area contributed by atoms with Crippen LogP contribution in [-0.4, -0.2) is 43.0 Å². The number of hydrogen-bond donors (Lipinski definition) is 0. The highest BCUT2D eigenvalue weighted by Gasteiger charge is 2.29. The molecule has 1 aliphatic heterocycles. The zero-order valence-corrected chi connectivity index (χ0v) is 18.4. The van der Waals surface area contributed by atoms with Crippen molar-refractivity contribution in [3.05, 3.63) is 47.8 Å². The Morgan fingerprint density at radius 1 is 1.19 bits per heavy atom. The average molecular weight is 416 g/mol. The summed E-state index contributed by atoms with van der Waals surface area (Å²) in [6.45, 7) is 12.6. The van der Waals surface area contributed by atoms with E-state index in [1.807, 2.05) is 30.2 Å². The number of aromatic nitrogens is 4. The molecule has 31 heavy (non-hydrogen) atoms. The number of fused-ring (bicyclic) bond motifs is 2. The Morgan fingerprint density at radius 2 is 2.00 bits per heavy atom. The number of carbonyl (C=O) groups is 1. The van der Waals surface area contributed by atoms with Crippen molar-refractivity contribution in [2.45, 2.75) is 39.2 Å². The topological polar surface area (TPSA) is 56.0 Å². The third-order valence-electron chi connectivity index (χ3n) is 6.50. The first-order valence-electron chi connectivity index (χ1n) is 11.2. The molecule has 4 heterocycles. The predicted molar refractivity (Wildman–Crippen MR) is 125 cm³/mol. The Bertz CT molecular complexity index is 1210. The largest absolute Gasteiger partial charge is 0.338 e. The zero-order chi connectivity index (χ0) is 21.7. The van der Waals surface area contributed by atoms with Crippen molar-refractivity contribution < 1.29 is 4.79 Å². The summed E-state index contributed by atoms with van der Waals surface area (Å²) in [5, 5.41) is 0. The molecule has 6 nitrogen and oxygen atoms in total. The Labute approximate surface area is 182 Å². The van der Waals surface area contributed by atoms with Crippen LogP contribution >= 0.6 is 0 Å². The highest BCUT2D eigenvalue weighted by Crippen LogP contribution is 2.36. The van der Waals surface area contributed by atoms with Gasteiger partial charge < -0.3 is 14.0 Å². The summed E-state index contributed by atoms with van der Waals surface area (Å²) in [4.78, 5) is 24.7. The van der Waals surface area contributed by atoms with Gasteiger partial charge in [0, 0.05) is 38.8 Å². The number of imidazole rings is 1. The lowest BCUT2D eigenvalue weighted by Gasteiger charge is -2.27. The Balaban J connectivity index is 1.65. The maximum absolute atomic E-state index is 12.9. The molecule has 1 saturated carbocycles. The van der Waals surface area contributed by atoms with Crippen molar-refractivity contribution in [2.75, 3.05) is 13.1 Å². The lowest BCUT2D eigenvalue weighted by atomic mass is 10.0. The number of carbonyl (C=O) groups excluding carboxylic acids is 1. The first-order valence-corrected chi connectivity index (χ1v) is 11.2. The molecule has 3 aromatic rings. The third-order valence-corrected chi connectivity index (χ3v) is 6.50. The SMILES string of the molecule is C=Cc1cc(-c2nc3cc4c(nc3n2C)CCN(CCC)C4=O)n(CC2CC2)c1C=C. The fourth-order valence-electron chi connectivity index (χ4n) is 4.67. The molecule has 0 aromatic carbocycles.